The van der Waals surface area contributed by atoms with Crippen LogP contribution in [0.2, 0.25) is 0 Å². The van der Waals surface area contributed by atoms with Crippen molar-refractivity contribution in [1.82, 2.24) is 0 Å². The second kappa shape index (κ2) is 6.48. The summed E-state index contributed by atoms with van der Waals surface area (Å²) < 4.78 is 64.1. The van der Waals surface area contributed by atoms with Gasteiger partial charge >= 0.3 is 12.2 Å². The third-order valence-corrected chi connectivity index (χ3v) is 7.29. The SMILES string of the molecule is Cc1ccc(N2C(=O)N(c3cccc(C(F)(F)F)c3)C3CS(=O)(=O)CC32)cc1C. The summed E-state index contributed by atoms with van der Waals surface area (Å²) in [6, 6.07) is 7.91. The fraction of sp³-hybridized carbons (Fsp3) is 0.350. The number of rotatable bonds is 2. The van der Waals surface area contributed by atoms with E-state index in [1.807, 2.05) is 19.9 Å². The predicted octanol–water partition coefficient (Wildman–Crippen LogP) is 3.93. The molecule has 2 amide bonds. The van der Waals surface area contributed by atoms with Crippen molar-refractivity contribution in [3.8, 4) is 0 Å². The van der Waals surface area contributed by atoms with Crippen molar-refractivity contribution >= 4 is 27.2 Å². The first-order valence-corrected chi connectivity index (χ1v) is 10.9. The van der Waals surface area contributed by atoms with E-state index in [0.717, 1.165) is 23.3 Å². The van der Waals surface area contributed by atoms with Gasteiger partial charge in [0, 0.05) is 11.4 Å². The third-order valence-electron chi connectivity index (χ3n) is 5.59. The Morgan fingerprint density at radius 3 is 2.03 bits per heavy atom. The number of sulfone groups is 1. The van der Waals surface area contributed by atoms with Gasteiger partial charge in [0.15, 0.2) is 9.84 Å². The molecule has 154 valence electrons. The molecule has 2 heterocycles. The summed E-state index contributed by atoms with van der Waals surface area (Å²) in [5.41, 5.74) is 1.66. The van der Waals surface area contributed by atoms with E-state index in [1.165, 1.54) is 21.9 Å². The number of hydrogen-bond donors (Lipinski definition) is 0. The number of anilines is 2. The minimum atomic E-state index is -4.56. The molecule has 2 saturated heterocycles. The molecule has 29 heavy (non-hydrogen) atoms. The molecule has 2 atom stereocenters. The molecule has 0 bridgehead atoms. The second-order valence-corrected chi connectivity index (χ2v) is 9.70. The number of amides is 2. The van der Waals surface area contributed by atoms with Gasteiger partial charge in [-0.05, 0) is 55.3 Å². The Bertz CT molecular complexity index is 1100. The van der Waals surface area contributed by atoms with Crippen LogP contribution in [0.3, 0.4) is 0 Å². The number of benzene rings is 2. The summed E-state index contributed by atoms with van der Waals surface area (Å²) in [5, 5.41) is 0. The van der Waals surface area contributed by atoms with Gasteiger partial charge in [0.25, 0.3) is 0 Å². The van der Waals surface area contributed by atoms with E-state index in [9.17, 15) is 26.4 Å². The molecule has 0 spiro atoms. The van der Waals surface area contributed by atoms with Crippen LogP contribution in [-0.2, 0) is 16.0 Å². The number of hydrogen-bond acceptors (Lipinski definition) is 3. The molecular formula is C20H19F3N2O3S. The predicted molar refractivity (Wildman–Crippen MR) is 104 cm³/mol. The number of halogens is 3. The molecule has 2 aromatic carbocycles. The van der Waals surface area contributed by atoms with Crippen LogP contribution in [0.25, 0.3) is 0 Å². The van der Waals surface area contributed by atoms with E-state index in [1.54, 1.807) is 12.1 Å². The second-order valence-electron chi connectivity index (χ2n) is 7.55. The van der Waals surface area contributed by atoms with Crippen molar-refractivity contribution in [2.45, 2.75) is 32.1 Å². The average molecular weight is 424 g/mol. The minimum absolute atomic E-state index is 0.0447. The first-order valence-electron chi connectivity index (χ1n) is 9.05. The van der Waals surface area contributed by atoms with Crippen LogP contribution in [-0.4, -0.2) is 38.0 Å². The topological polar surface area (TPSA) is 57.7 Å². The summed E-state index contributed by atoms with van der Waals surface area (Å²) in [6.07, 6.45) is -4.56. The highest BCUT2D eigenvalue weighted by atomic mass is 32.2. The molecule has 0 saturated carbocycles. The molecule has 2 aliphatic rings. The number of alkyl halides is 3. The Kier molecular flexibility index (Phi) is 4.41. The van der Waals surface area contributed by atoms with E-state index in [4.69, 9.17) is 0 Å². The zero-order valence-corrected chi connectivity index (χ0v) is 16.6. The highest BCUT2D eigenvalue weighted by Gasteiger charge is 2.54. The van der Waals surface area contributed by atoms with Crippen molar-refractivity contribution < 1.29 is 26.4 Å². The van der Waals surface area contributed by atoms with Crippen LogP contribution in [0, 0.1) is 13.8 Å². The molecule has 9 heteroatoms. The zero-order valence-electron chi connectivity index (χ0n) is 15.8. The van der Waals surface area contributed by atoms with Crippen molar-refractivity contribution in [1.29, 1.82) is 0 Å². The fourth-order valence-electron chi connectivity index (χ4n) is 4.01. The maximum absolute atomic E-state index is 13.3. The fourth-order valence-corrected chi connectivity index (χ4v) is 5.93. The number of carbonyl (C=O) groups is 1. The lowest BCUT2D eigenvalue weighted by molar-refractivity contribution is -0.137. The molecule has 2 aromatic rings. The largest absolute Gasteiger partial charge is 0.416 e. The Labute approximate surface area is 166 Å². The smallest absolute Gasteiger partial charge is 0.288 e. The Morgan fingerprint density at radius 2 is 1.48 bits per heavy atom. The van der Waals surface area contributed by atoms with Gasteiger partial charge in [0.05, 0.1) is 29.2 Å². The quantitative estimate of drug-likeness (QED) is 0.687. The molecule has 0 aliphatic carbocycles. The third kappa shape index (κ3) is 3.37. The lowest BCUT2D eigenvalue weighted by atomic mass is 10.1. The van der Waals surface area contributed by atoms with Crippen LogP contribution in [0.1, 0.15) is 16.7 Å². The Hall–Kier alpha value is -2.55. The van der Waals surface area contributed by atoms with Crippen molar-refractivity contribution in [3.63, 3.8) is 0 Å². The van der Waals surface area contributed by atoms with E-state index < -0.39 is 39.7 Å². The number of aryl methyl sites for hydroxylation is 2. The zero-order chi connectivity index (χ0) is 21.1. The number of fused-ring (bicyclic) bond motifs is 1. The molecule has 4 rings (SSSR count). The lowest BCUT2D eigenvalue weighted by Gasteiger charge is -2.23. The molecule has 5 nitrogen and oxygen atoms in total. The first kappa shape index (κ1) is 19.8. The summed E-state index contributed by atoms with van der Waals surface area (Å²) >= 11 is 0. The van der Waals surface area contributed by atoms with E-state index in [2.05, 4.69) is 0 Å². The van der Waals surface area contributed by atoms with Crippen molar-refractivity contribution in [2.24, 2.45) is 0 Å². The molecule has 2 unspecified atom stereocenters. The maximum Gasteiger partial charge on any atom is 0.416 e. The first-order chi connectivity index (χ1) is 13.5. The van der Waals surface area contributed by atoms with E-state index >= 15 is 0 Å². The highest BCUT2D eigenvalue weighted by molar-refractivity contribution is 7.91. The Balaban J connectivity index is 1.81. The van der Waals surface area contributed by atoms with Crippen LogP contribution in [0.5, 0.6) is 0 Å². The normalized spacial score (nSPS) is 23.6. The number of nitrogens with zero attached hydrogens (tertiary/aromatic N) is 2. The van der Waals surface area contributed by atoms with Gasteiger partial charge in [-0.1, -0.05) is 12.1 Å². The van der Waals surface area contributed by atoms with Crippen LogP contribution in [0.4, 0.5) is 29.3 Å². The summed E-state index contributed by atoms with van der Waals surface area (Å²) in [4.78, 5) is 15.9. The molecule has 0 radical (unpaired) electrons. The van der Waals surface area contributed by atoms with E-state index in [0.29, 0.717) is 5.69 Å². The van der Waals surface area contributed by atoms with Gasteiger partial charge in [0.1, 0.15) is 0 Å². The molecular weight excluding hydrogens is 405 g/mol. The number of urea groups is 1. The molecule has 0 aromatic heterocycles. The molecule has 2 fully saturated rings. The van der Waals surface area contributed by atoms with Crippen molar-refractivity contribution in [2.75, 3.05) is 21.3 Å². The van der Waals surface area contributed by atoms with Gasteiger partial charge < -0.3 is 0 Å². The van der Waals surface area contributed by atoms with Crippen LogP contribution in [0.15, 0.2) is 42.5 Å². The monoisotopic (exact) mass is 424 g/mol. The van der Waals surface area contributed by atoms with Crippen LogP contribution >= 0.6 is 0 Å². The minimum Gasteiger partial charge on any atom is -0.288 e. The average Bonchev–Trinajstić information content (AvgIpc) is 3.05. The van der Waals surface area contributed by atoms with Gasteiger partial charge in [-0.3, -0.25) is 9.80 Å². The maximum atomic E-state index is 13.3. The summed E-state index contributed by atoms with van der Waals surface area (Å²) in [6.45, 7) is 3.80. The number of carbonyl (C=O) groups excluding carboxylic acids is 1. The van der Waals surface area contributed by atoms with Gasteiger partial charge in [-0.25, -0.2) is 13.2 Å². The lowest BCUT2D eigenvalue weighted by Crippen LogP contribution is -2.38. The van der Waals surface area contributed by atoms with Gasteiger partial charge in [-0.15, -0.1) is 0 Å². The standard InChI is InChI=1S/C20H19F3N2O3S/c1-12-6-7-16(8-13(12)2)25-18-11-29(27,28)10-17(18)24(19(25)26)15-5-3-4-14(9-15)20(21,22)23/h3-9,17-18H,10-11H2,1-2H3. The summed E-state index contributed by atoms with van der Waals surface area (Å²) in [7, 11) is -3.43. The van der Waals surface area contributed by atoms with Crippen molar-refractivity contribution in [3.05, 3.63) is 59.2 Å². The molecule has 0 N–H and O–H groups in total. The highest BCUT2D eigenvalue weighted by Crippen LogP contribution is 2.40. The van der Waals surface area contributed by atoms with E-state index in [-0.39, 0.29) is 17.2 Å². The van der Waals surface area contributed by atoms with Gasteiger partial charge in [-0.2, -0.15) is 13.2 Å². The summed E-state index contributed by atoms with van der Waals surface area (Å²) in [5.74, 6) is -0.493. The van der Waals surface area contributed by atoms with Crippen LogP contribution < -0.4 is 9.80 Å². The Morgan fingerprint density at radius 1 is 0.897 bits per heavy atom. The van der Waals surface area contributed by atoms with Gasteiger partial charge in [0.2, 0.25) is 0 Å². The molecule has 2 aliphatic heterocycles.